The van der Waals surface area contributed by atoms with E-state index in [0.29, 0.717) is 0 Å². The summed E-state index contributed by atoms with van der Waals surface area (Å²) in [5.74, 6) is 2.79. The first-order valence-corrected chi connectivity index (χ1v) is 14.8. The second kappa shape index (κ2) is 15.8. The molecule has 39 heavy (non-hydrogen) atoms. The molecule has 6 nitrogen and oxygen atoms in total. The summed E-state index contributed by atoms with van der Waals surface area (Å²) in [6.07, 6.45) is 1.77. The normalized spacial score (nSPS) is 10.5. The fourth-order valence-corrected chi connectivity index (χ4v) is 4.99. The molecule has 0 aliphatic rings. The predicted molar refractivity (Wildman–Crippen MR) is 163 cm³/mol. The number of ether oxygens (including phenoxy) is 2. The van der Waals surface area contributed by atoms with Gasteiger partial charge in [-0.3, -0.25) is 0 Å². The van der Waals surface area contributed by atoms with E-state index in [1.807, 2.05) is 36.0 Å². The molecule has 3 N–H and O–H groups in total. The number of nitrogens with one attached hydrogen (secondary N) is 1. The minimum absolute atomic E-state index is 0.885. The van der Waals surface area contributed by atoms with Gasteiger partial charge in [-0.1, -0.05) is 48.5 Å². The number of anilines is 1. The first kappa shape index (κ1) is 30.1. The van der Waals surface area contributed by atoms with Crippen LogP contribution in [-0.2, 0) is 23.7 Å². The van der Waals surface area contributed by atoms with Crippen molar-refractivity contribution in [2.75, 3.05) is 31.8 Å². The summed E-state index contributed by atoms with van der Waals surface area (Å²) < 4.78 is 28.3. The molecule has 0 unspecified atom stereocenters. The van der Waals surface area contributed by atoms with E-state index < -0.39 is 10.9 Å². The van der Waals surface area contributed by atoms with Crippen LogP contribution in [0.2, 0.25) is 0 Å². The molecule has 0 heterocycles. The maximum atomic E-state index is 8.81. The molecule has 206 valence electrons. The standard InChI is InChI=1S/C31H33NO2S.H3NO2S/c1-23-30(22-25-11-16-28(34-3)17-12-25)26(21-24-9-14-27(33-2)15-10-24)13-18-31(23)32-19-20-35-29-7-5-4-6-8-29;1-4(2)3/h4-18,32H,19-22H2,1-3H3;4H,(H2,1,2,3). The lowest BCUT2D eigenvalue weighted by molar-refractivity contribution is 0.414. The summed E-state index contributed by atoms with van der Waals surface area (Å²) in [7, 11) is 0.789. The fourth-order valence-electron chi connectivity index (χ4n) is 4.20. The molecule has 8 heteroatoms. The Morgan fingerprint density at radius 3 is 1.85 bits per heavy atom. The Hall–Kier alpha value is -3.46. The highest BCUT2D eigenvalue weighted by atomic mass is 32.2. The minimum Gasteiger partial charge on any atom is -0.497 e. The Balaban J connectivity index is 0.000000983. The summed E-state index contributed by atoms with van der Waals surface area (Å²) in [6, 6.07) is 31.8. The highest BCUT2D eigenvalue weighted by Crippen LogP contribution is 2.29. The molecule has 4 aromatic carbocycles. The Bertz CT molecular complexity index is 1370. The number of thiol groups is 1. The van der Waals surface area contributed by atoms with Crippen molar-refractivity contribution in [1.29, 1.82) is 0 Å². The molecule has 0 bridgehead atoms. The van der Waals surface area contributed by atoms with Gasteiger partial charge in [0.05, 0.1) is 14.2 Å². The quantitative estimate of drug-likeness (QED) is 0.120. The van der Waals surface area contributed by atoms with E-state index in [1.54, 1.807) is 14.2 Å². The lowest BCUT2D eigenvalue weighted by atomic mass is 9.90. The van der Waals surface area contributed by atoms with Gasteiger partial charge in [0.2, 0.25) is 0 Å². The largest absolute Gasteiger partial charge is 0.497 e. The molecule has 0 aliphatic heterocycles. The fraction of sp³-hybridized carbons (Fsp3) is 0.226. The van der Waals surface area contributed by atoms with Gasteiger partial charge in [-0.05, 0) is 90.0 Å². The van der Waals surface area contributed by atoms with Crippen LogP contribution in [0.3, 0.4) is 0 Å². The average molecular weight is 565 g/mol. The van der Waals surface area contributed by atoms with E-state index in [4.69, 9.17) is 17.9 Å². The molecule has 4 rings (SSSR count). The van der Waals surface area contributed by atoms with Crippen LogP contribution < -0.4 is 19.9 Å². The Morgan fingerprint density at radius 2 is 1.31 bits per heavy atom. The first-order valence-electron chi connectivity index (χ1n) is 12.6. The number of hydrogen-bond acceptors (Lipinski definition) is 6. The topological polar surface area (TPSA) is 90.7 Å². The van der Waals surface area contributed by atoms with E-state index in [2.05, 4.69) is 84.1 Å². The molecule has 0 atom stereocenters. The Morgan fingerprint density at radius 1 is 0.769 bits per heavy atom. The molecular formula is C31H36N2O4S2. The molecule has 0 saturated carbocycles. The van der Waals surface area contributed by atoms with Crippen molar-refractivity contribution in [1.82, 2.24) is 0 Å². The van der Waals surface area contributed by atoms with Gasteiger partial charge in [0.15, 0.2) is 10.9 Å². The van der Waals surface area contributed by atoms with Crippen molar-refractivity contribution in [2.24, 2.45) is 5.14 Å². The van der Waals surface area contributed by atoms with Crippen LogP contribution in [0.4, 0.5) is 5.69 Å². The highest BCUT2D eigenvalue weighted by Gasteiger charge is 2.12. The van der Waals surface area contributed by atoms with Crippen molar-refractivity contribution in [3.05, 3.63) is 119 Å². The average Bonchev–Trinajstić information content (AvgIpc) is 2.95. The van der Waals surface area contributed by atoms with Crippen LogP contribution in [0, 0.1) is 6.92 Å². The van der Waals surface area contributed by atoms with Crippen LogP contribution in [0.5, 0.6) is 11.5 Å². The first-order chi connectivity index (χ1) is 18.9. The molecule has 4 aromatic rings. The summed E-state index contributed by atoms with van der Waals surface area (Å²) in [4.78, 5) is 1.31. The van der Waals surface area contributed by atoms with Gasteiger partial charge in [0, 0.05) is 22.9 Å². The zero-order valence-corrected chi connectivity index (χ0v) is 24.3. The second-order valence-corrected chi connectivity index (χ2v) is 10.5. The van der Waals surface area contributed by atoms with Crippen LogP contribution in [0.15, 0.2) is 95.9 Å². The third-order valence-corrected chi connectivity index (χ3v) is 7.23. The lowest BCUT2D eigenvalue weighted by Gasteiger charge is -2.18. The number of thioether (sulfide) groups is 1. The van der Waals surface area contributed by atoms with Crippen molar-refractivity contribution in [2.45, 2.75) is 24.7 Å². The Kier molecular flexibility index (Phi) is 12.2. The monoisotopic (exact) mass is 564 g/mol. The van der Waals surface area contributed by atoms with Crippen molar-refractivity contribution in [3.63, 3.8) is 0 Å². The summed E-state index contributed by atoms with van der Waals surface area (Å²) >= 11 is 1.88. The SMILES string of the molecule is COc1ccc(Cc2ccc(NCCSc3ccccc3)c(C)c2Cc2ccc(OC)cc2)cc1.N[SH](=O)=O. The van der Waals surface area contributed by atoms with Crippen molar-refractivity contribution in [3.8, 4) is 11.5 Å². The summed E-state index contributed by atoms with van der Waals surface area (Å²) in [5.41, 5.74) is 7.82. The second-order valence-electron chi connectivity index (χ2n) is 8.80. The number of nitrogens with two attached hydrogens (primary N) is 1. The minimum atomic E-state index is -2.62. The van der Waals surface area contributed by atoms with Crippen molar-refractivity contribution < 1.29 is 17.9 Å². The number of methoxy groups -OCH3 is 2. The zero-order chi connectivity index (χ0) is 28.0. The lowest BCUT2D eigenvalue weighted by Crippen LogP contribution is -2.09. The van der Waals surface area contributed by atoms with Gasteiger partial charge >= 0.3 is 0 Å². The molecular weight excluding hydrogens is 528 g/mol. The third-order valence-electron chi connectivity index (χ3n) is 6.22. The van der Waals surface area contributed by atoms with Gasteiger partial charge < -0.3 is 14.8 Å². The highest BCUT2D eigenvalue weighted by molar-refractivity contribution is 7.99. The molecule has 0 radical (unpaired) electrons. The maximum Gasteiger partial charge on any atom is 0.198 e. The molecule has 0 amide bonds. The number of hydrogen-bond donors (Lipinski definition) is 3. The van der Waals surface area contributed by atoms with Gasteiger partial charge in [0.25, 0.3) is 0 Å². The molecule has 0 spiro atoms. The summed E-state index contributed by atoms with van der Waals surface area (Å²) in [6.45, 7) is 3.16. The number of benzene rings is 4. The van der Waals surface area contributed by atoms with Gasteiger partial charge in [0.1, 0.15) is 11.5 Å². The smallest absolute Gasteiger partial charge is 0.198 e. The van der Waals surface area contributed by atoms with E-state index in [1.165, 1.54) is 38.4 Å². The maximum absolute atomic E-state index is 8.81. The molecule has 0 saturated heterocycles. The Labute approximate surface area is 237 Å². The summed E-state index contributed by atoms with van der Waals surface area (Å²) in [5, 5.41) is 7.74. The predicted octanol–water partition coefficient (Wildman–Crippen LogP) is 5.87. The van der Waals surface area contributed by atoms with Crippen molar-refractivity contribution >= 4 is 28.3 Å². The van der Waals surface area contributed by atoms with Gasteiger partial charge in [-0.25, -0.2) is 13.6 Å². The van der Waals surface area contributed by atoms with Crippen LogP contribution in [0.25, 0.3) is 0 Å². The van der Waals surface area contributed by atoms with E-state index in [9.17, 15) is 0 Å². The number of rotatable bonds is 11. The van der Waals surface area contributed by atoms with E-state index >= 15 is 0 Å². The van der Waals surface area contributed by atoms with Crippen LogP contribution >= 0.6 is 11.8 Å². The van der Waals surface area contributed by atoms with Crippen LogP contribution in [-0.4, -0.2) is 34.9 Å². The molecule has 0 aromatic heterocycles. The molecule has 0 fully saturated rings. The molecule has 0 aliphatic carbocycles. The van der Waals surface area contributed by atoms with Gasteiger partial charge in [-0.2, -0.15) is 0 Å². The van der Waals surface area contributed by atoms with E-state index in [-0.39, 0.29) is 0 Å². The third kappa shape index (κ3) is 9.98. The zero-order valence-electron chi connectivity index (χ0n) is 22.6. The van der Waals surface area contributed by atoms with E-state index in [0.717, 1.165) is 36.6 Å². The van der Waals surface area contributed by atoms with Gasteiger partial charge in [-0.15, -0.1) is 11.8 Å². The van der Waals surface area contributed by atoms with Crippen LogP contribution in [0.1, 0.15) is 27.8 Å².